The van der Waals surface area contributed by atoms with Crippen molar-refractivity contribution in [1.82, 2.24) is 0 Å². The fourth-order valence-electron chi connectivity index (χ4n) is 2.85. The predicted molar refractivity (Wildman–Crippen MR) is 121 cm³/mol. The number of ether oxygens (including phenoxy) is 2. The van der Waals surface area contributed by atoms with Gasteiger partial charge in [0.1, 0.15) is 23.4 Å². The highest BCUT2D eigenvalue weighted by Gasteiger charge is 2.33. The number of benzene rings is 2. The van der Waals surface area contributed by atoms with Crippen LogP contribution in [0.2, 0.25) is 10.0 Å². The third kappa shape index (κ3) is 6.20. The monoisotopic (exact) mass is 468 g/mol. The van der Waals surface area contributed by atoms with Gasteiger partial charge in [0.15, 0.2) is 0 Å². The molecular formula is C21H22Cl2N2O4S. The lowest BCUT2D eigenvalue weighted by Gasteiger charge is -2.32. The molecule has 2 aromatic rings. The number of nitrogens with one attached hydrogen (secondary N) is 1. The maximum atomic E-state index is 11.6. The molecule has 0 fully saturated rings. The fourth-order valence-corrected chi connectivity index (χ4v) is 3.69. The lowest BCUT2D eigenvalue weighted by molar-refractivity contribution is 0.0418. The molecule has 6 nitrogen and oxygen atoms in total. The maximum absolute atomic E-state index is 11.6. The number of cyclic esters (lactones) is 1. The van der Waals surface area contributed by atoms with Gasteiger partial charge >= 0.3 is 6.09 Å². The Morgan fingerprint density at radius 3 is 2.80 bits per heavy atom. The van der Waals surface area contributed by atoms with Gasteiger partial charge in [0.05, 0.1) is 27.2 Å². The summed E-state index contributed by atoms with van der Waals surface area (Å²) < 4.78 is 16.3. The van der Waals surface area contributed by atoms with Crippen LogP contribution >= 0.6 is 35.2 Å². The van der Waals surface area contributed by atoms with Crippen LogP contribution in [-0.4, -0.2) is 18.9 Å². The molecule has 1 aliphatic rings. The number of hydrogen-bond donors (Lipinski definition) is 1. The Morgan fingerprint density at radius 2 is 2.00 bits per heavy atom. The minimum atomic E-state index is -0.692. The molecule has 0 spiro atoms. The summed E-state index contributed by atoms with van der Waals surface area (Å²) in [5.74, 6) is 0.747. The molecule has 9 heteroatoms. The van der Waals surface area contributed by atoms with E-state index in [1.807, 2.05) is 38.1 Å². The van der Waals surface area contributed by atoms with Gasteiger partial charge in [0.25, 0.3) is 0 Å². The van der Waals surface area contributed by atoms with Crippen molar-refractivity contribution in [1.29, 1.82) is 0 Å². The van der Waals surface area contributed by atoms with Gasteiger partial charge in [-0.1, -0.05) is 28.4 Å². The first kappa shape index (κ1) is 22.6. The van der Waals surface area contributed by atoms with Crippen molar-refractivity contribution in [3.8, 4) is 5.75 Å². The van der Waals surface area contributed by atoms with Crippen LogP contribution in [0.4, 0.5) is 10.5 Å². The van der Waals surface area contributed by atoms with Crippen LogP contribution in [0, 0.1) is 0 Å². The molecule has 2 aromatic carbocycles. The van der Waals surface area contributed by atoms with Gasteiger partial charge in [-0.2, -0.15) is 0 Å². The summed E-state index contributed by atoms with van der Waals surface area (Å²) >= 11 is 12.9. The topological polar surface area (TPSA) is 69.2 Å². The molecule has 160 valence electrons. The maximum Gasteiger partial charge on any atom is 0.412 e. The summed E-state index contributed by atoms with van der Waals surface area (Å²) in [6.45, 7) is 4.30. The van der Waals surface area contributed by atoms with Gasteiger partial charge in [-0.25, -0.2) is 4.79 Å². The average Bonchev–Trinajstić information content (AvgIpc) is 2.69. The minimum Gasteiger partial charge on any atom is -0.494 e. The number of carbonyl (C=O) groups excluding carboxylic acids is 1. The van der Waals surface area contributed by atoms with E-state index < -0.39 is 11.7 Å². The van der Waals surface area contributed by atoms with Crippen LogP contribution in [0.15, 0.2) is 46.4 Å². The normalized spacial score (nSPS) is 14.7. The van der Waals surface area contributed by atoms with Gasteiger partial charge in [0.2, 0.25) is 0 Å². The summed E-state index contributed by atoms with van der Waals surface area (Å²) in [5.41, 5.74) is 0.949. The minimum absolute atomic E-state index is 0.442. The molecule has 0 atom stereocenters. The number of rotatable bonds is 9. The summed E-state index contributed by atoms with van der Waals surface area (Å²) in [5, 5.41) is 7.61. The van der Waals surface area contributed by atoms with E-state index in [0.29, 0.717) is 16.7 Å². The van der Waals surface area contributed by atoms with Crippen molar-refractivity contribution in [2.75, 3.05) is 11.9 Å². The SMILES string of the molecule is CC1(C)OC(=O)Nc2ccc(OCCCCC=NOSc3ccc(Cl)c(Cl)c3)cc21. The molecule has 0 unspecified atom stereocenters. The standard InChI is InChI=1S/C21H22Cl2N2O4S/c1-21(2)16-12-14(6-9-19(16)25-20(26)28-21)27-11-5-3-4-10-24-29-30-15-7-8-17(22)18(23)13-15/h6-10,12-13H,3-5,11H2,1-2H3,(H,25,26). The third-order valence-corrected chi connectivity index (χ3v) is 5.71. The second-order valence-corrected chi connectivity index (χ2v) is 8.70. The number of unbranched alkanes of at least 4 members (excludes halogenated alkanes) is 2. The van der Waals surface area contributed by atoms with E-state index in [0.717, 1.165) is 53.2 Å². The van der Waals surface area contributed by atoms with Crippen LogP contribution in [0.25, 0.3) is 0 Å². The summed E-state index contributed by atoms with van der Waals surface area (Å²) in [4.78, 5) is 12.4. The lowest BCUT2D eigenvalue weighted by Crippen LogP contribution is -2.34. The molecule has 0 saturated heterocycles. The molecule has 30 heavy (non-hydrogen) atoms. The second-order valence-electron chi connectivity index (χ2n) is 7.10. The molecule has 0 radical (unpaired) electrons. The largest absolute Gasteiger partial charge is 0.494 e. The van der Waals surface area contributed by atoms with E-state index in [-0.39, 0.29) is 0 Å². The highest BCUT2D eigenvalue weighted by molar-refractivity contribution is 7.94. The van der Waals surface area contributed by atoms with Gasteiger partial charge in [-0.05, 0) is 69.5 Å². The molecule has 3 rings (SSSR count). The van der Waals surface area contributed by atoms with Crippen LogP contribution in [0.5, 0.6) is 5.75 Å². The van der Waals surface area contributed by atoms with Crippen molar-refractivity contribution < 1.29 is 18.6 Å². The summed E-state index contributed by atoms with van der Waals surface area (Å²) in [6.07, 6.45) is 3.86. The molecule has 1 amide bonds. The molecular weight excluding hydrogens is 447 g/mol. The van der Waals surface area contributed by atoms with E-state index >= 15 is 0 Å². The zero-order chi connectivity index (χ0) is 21.6. The highest BCUT2D eigenvalue weighted by Crippen LogP contribution is 2.37. The van der Waals surface area contributed by atoms with E-state index in [1.165, 1.54) is 0 Å². The van der Waals surface area contributed by atoms with E-state index in [9.17, 15) is 4.79 Å². The van der Waals surface area contributed by atoms with E-state index in [1.54, 1.807) is 18.3 Å². The average molecular weight is 469 g/mol. The zero-order valence-corrected chi connectivity index (χ0v) is 18.9. The van der Waals surface area contributed by atoms with Crippen LogP contribution in [-0.2, 0) is 14.6 Å². The van der Waals surface area contributed by atoms with Crippen molar-refractivity contribution in [2.24, 2.45) is 5.16 Å². The van der Waals surface area contributed by atoms with Crippen LogP contribution in [0.1, 0.15) is 38.7 Å². The Balaban J connectivity index is 1.34. The zero-order valence-electron chi connectivity index (χ0n) is 16.6. The molecule has 1 heterocycles. The van der Waals surface area contributed by atoms with Gasteiger partial charge in [-0.3, -0.25) is 5.32 Å². The summed E-state index contributed by atoms with van der Waals surface area (Å²) in [7, 11) is 0. The highest BCUT2D eigenvalue weighted by atomic mass is 35.5. The number of amides is 1. The Bertz CT molecular complexity index is 937. The number of oxime groups is 1. The number of carbonyl (C=O) groups is 1. The molecule has 0 saturated carbocycles. The number of anilines is 1. The van der Waals surface area contributed by atoms with Gasteiger partial charge in [-0.15, -0.1) is 0 Å². The quantitative estimate of drug-likeness (QED) is 0.184. The van der Waals surface area contributed by atoms with E-state index in [2.05, 4.69) is 10.5 Å². The number of halogens is 2. The molecule has 0 bridgehead atoms. The van der Waals surface area contributed by atoms with Crippen molar-refractivity contribution in [3.05, 3.63) is 52.0 Å². The number of hydrogen-bond acceptors (Lipinski definition) is 6. The van der Waals surface area contributed by atoms with Crippen LogP contribution in [0.3, 0.4) is 0 Å². The molecule has 1 N–H and O–H groups in total. The lowest BCUT2D eigenvalue weighted by atomic mass is 9.94. The Hall–Kier alpha value is -2.09. The van der Waals surface area contributed by atoms with Crippen LogP contribution < -0.4 is 10.1 Å². The fraction of sp³-hybridized carbons (Fsp3) is 0.333. The Labute approximate surface area is 190 Å². The Kier molecular flexibility index (Phi) is 7.75. The first-order valence-electron chi connectivity index (χ1n) is 9.43. The van der Waals surface area contributed by atoms with E-state index in [4.69, 9.17) is 37.0 Å². The van der Waals surface area contributed by atoms with Crippen molar-refractivity contribution in [3.63, 3.8) is 0 Å². The second kappa shape index (κ2) is 10.3. The summed E-state index contributed by atoms with van der Waals surface area (Å²) in [6, 6.07) is 10.8. The van der Waals surface area contributed by atoms with Gasteiger partial charge < -0.3 is 13.8 Å². The number of nitrogens with zero attached hydrogens (tertiary/aromatic N) is 1. The Morgan fingerprint density at radius 1 is 1.17 bits per heavy atom. The van der Waals surface area contributed by atoms with Crippen molar-refractivity contribution in [2.45, 2.75) is 43.6 Å². The molecule has 0 aromatic heterocycles. The first-order chi connectivity index (χ1) is 14.3. The third-order valence-electron chi connectivity index (χ3n) is 4.36. The smallest absolute Gasteiger partial charge is 0.412 e. The molecule has 1 aliphatic heterocycles. The van der Waals surface area contributed by atoms with Gasteiger partial charge in [0, 0.05) is 11.8 Å². The first-order valence-corrected chi connectivity index (χ1v) is 10.9. The molecule has 0 aliphatic carbocycles. The van der Waals surface area contributed by atoms with Crippen molar-refractivity contribution >= 4 is 53.2 Å². The number of fused-ring (bicyclic) bond motifs is 1. The predicted octanol–water partition coefficient (Wildman–Crippen LogP) is 7.05.